The quantitative estimate of drug-likeness (QED) is 0.716. The number of likely N-dealkylation sites (N-methyl/N-ethyl adjacent to an activating group) is 1. The fraction of sp³-hybridized carbons (Fsp3) is 0.278. The van der Waals surface area contributed by atoms with Gasteiger partial charge in [-0.25, -0.2) is 8.42 Å². The van der Waals surface area contributed by atoms with Crippen LogP contribution in [-0.2, 0) is 21.2 Å². The number of sulfonamides is 1. The first-order valence-electron chi connectivity index (χ1n) is 7.84. The molecular formula is C18H22N2O3S2. The van der Waals surface area contributed by atoms with Crippen LogP contribution < -0.4 is 5.32 Å². The number of rotatable bonds is 8. The number of nitrogens with zero attached hydrogens (tertiary/aromatic N) is 1. The molecule has 2 aromatic carbocycles. The highest BCUT2D eigenvalue weighted by molar-refractivity contribution is 7.98. The molecular weight excluding hydrogens is 356 g/mol. The van der Waals surface area contributed by atoms with Gasteiger partial charge in [0.2, 0.25) is 15.9 Å². The highest BCUT2D eigenvalue weighted by Crippen LogP contribution is 2.19. The van der Waals surface area contributed by atoms with E-state index in [4.69, 9.17) is 0 Å². The van der Waals surface area contributed by atoms with Gasteiger partial charge in [-0.15, -0.1) is 11.8 Å². The lowest BCUT2D eigenvalue weighted by Crippen LogP contribution is -2.39. The van der Waals surface area contributed by atoms with Gasteiger partial charge in [0, 0.05) is 18.5 Å². The van der Waals surface area contributed by atoms with Gasteiger partial charge in [-0.05, 0) is 42.5 Å². The molecule has 0 spiro atoms. The summed E-state index contributed by atoms with van der Waals surface area (Å²) in [6.45, 7) is 0.264. The zero-order chi connectivity index (χ0) is 18.3. The summed E-state index contributed by atoms with van der Waals surface area (Å²) in [6.07, 6.45) is 2.63. The summed E-state index contributed by atoms with van der Waals surface area (Å²) in [6, 6.07) is 16.4. The van der Waals surface area contributed by atoms with Crippen LogP contribution in [0.3, 0.4) is 0 Å². The fourth-order valence-corrected chi connectivity index (χ4v) is 3.80. The van der Waals surface area contributed by atoms with E-state index in [2.05, 4.69) is 5.32 Å². The normalized spacial score (nSPS) is 11.5. The van der Waals surface area contributed by atoms with Gasteiger partial charge in [-0.3, -0.25) is 4.79 Å². The van der Waals surface area contributed by atoms with Gasteiger partial charge < -0.3 is 5.32 Å². The summed E-state index contributed by atoms with van der Waals surface area (Å²) >= 11 is 1.54. The average molecular weight is 379 g/mol. The maximum atomic E-state index is 12.5. The highest BCUT2D eigenvalue weighted by Gasteiger charge is 2.22. The second-order valence-corrected chi connectivity index (χ2v) is 8.45. The highest BCUT2D eigenvalue weighted by atomic mass is 32.2. The SMILES string of the molecule is CSc1ccc(S(=O)(=O)N(C)CC(=O)NCCc2ccccc2)cc1. The van der Waals surface area contributed by atoms with Crippen LogP contribution in [0, 0.1) is 0 Å². The van der Waals surface area contributed by atoms with Crippen molar-refractivity contribution in [3.63, 3.8) is 0 Å². The van der Waals surface area contributed by atoms with E-state index in [-0.39, 0.29) is 17.3 Å². The average Bonchev–Trinajstić information content (AvgIpc) is 2.62. The molecule has 0 bridgehead atoms. The summed E-state index contributed by atoms with van der Waals surface area (Å²) < 4.78 is 26.1. The van der Waals surface area contributed by atoms with E-state index < -0.39 is 10.0 Å². The third-order valence-corrected chi connectivity index (χ3v) is 6.27. The molecule has 1 amide bonds. The van der Waals surface area contributed by atoms with E-state index in [1.54, 1.807) is 36.0 Å². The maximum absolute atomic E-state index is 12.5. The predicted molar refractivity (Wildman–Crippen MR) is 101 cm³/mol. The lowest BCUT2D eigenvalue weighted by atomic mass is 10.1. The van der Waals surface area contributed by atoms with E-state index in [0.29, 0.717) is 13.0 Å². The molecule has 1 N–H and O–H groups in total. The Balaban J connectivity index is 1.88. The van der Waals surface area contributed by atoms with Crippen LogP contribution >= 0.6 is 11.8 Å². The van der Waals surface area contributed by atoms with Gasteiger partial charge >= 0.3 is 0 Å². The Bertz CT molecular complexity index is 791. The maximum Gasteiger partial charge on any atom is 0.243 e. The number of thioether (sulfide) groups is 1. The number of amides is 1. The largest absolute Gasteiger partial charge is 0.355 e. The van der Waals surface area contributed by atoms with Gasteiger partial charge in [-0.1, -0.05) is 30.3 Å². The Hall–Kier alpha value is -1.83. The molecule has 25 heavy (non-hydrogen) atoms. The summed E-state index contributed by atoms with van der Waals surface area (Å²) in [5.41, 5.74) is 1.12. The monoisotopic (exact) mass is 378 g/mol. The van der Waals surface area contributed by atoms with Crippen molar-refractivity contribution in [2.24, 2.45) is 0 Å². The minimum Gasteiger partial charge on any atom is -0.355 e. The van der Waals surface area contributed by atoms with Gasteiger partial charge in [0.05, 0.1) is 11.4 Å². The van der Waals surface area contributed by atoms with Crippen LogP contribution in [0.4, 0.5) is 0 Å². The van der Waals surface area contributed by atoms with E-state index in [1.807, 2.05) is 36.6 Å². The van der Waals surface area contributed by atoms with E-state index >= 15 is 0 Å². The molecule has 0 heterocycles. The summed E-state index contributed by atoms with van der Waals surface area (Å²) in [5.74, 6) is -0.317. The van der Waals surface area contributed by atoms with Gasteiger partial charge in [0.25, 0.3) is 0 Å². The van der Waals surface area contributed by atoms with Crippen LogP contribution in [0.5, 0.6) is 0 Å². The van der Waals surface area contributed by atoms with Crippen molar-refractivity contribution in [3.05, 3.63) is 60.2 Å². The van der Waals surface area contributed by atoms with Gasteiger partial charge in [0.1, 0.15) is 0 Å². The number of nitrogens with one attached hydrogen (secondary N) is 1. The summed E-state index contributed by atoms with van der Waals surface area (Å²) in [7, 11) is -2.26. The lowest BCUT2D eigenvalue weighted by Gasteiger charge is -2.17. The van der Waals surface area contributed by atoms with Crippen molar-refractivity contribution in [2.75, 3.05) is 26.4 Å². The molecule has 7 heteroatoms. The summed E-state index contributed by atoms with van der Waals surface area (Å²) in [5, 5.41) is 2.76. The molecule has 0 radical (unpaired) electrons. The first-order valence-corrected chi connectivity index (χ1v) is 10.5. The van der Waals surface area contributed by atoms with Crippen molar-refractivity contribution >= 4 is 27.7 Å². The topological polar surface area (TPSA) is 66.5 Å². The van der Waals surface area contributed by atoms with Crippen molar-refractivity contribution in [1.82, 2.24) is 9.62 Å². The molecule has 0 saturated carbocycles. The first kappa shape index (κ1) is 19.5. The van der Waals surface area contributed by atoms with Crippen LogP contribution in [0.25, 0.3) is 0 Å². The van der Waals surface area contributed by atoms with Crippen LogP contribution in [0.2, 0.25) is 0 Å². The molecule has 0 aliphatic heterocycles. The second kappa shape index (κ2) is 9.03. The van der Waals surface area contributed by atoms with E-state index in [1.165, 1.54) is 7.05 Å². The lowest BCUT2D eigenvalue weighted by molar-refractivity contribution is -0.121. The number of carbonyl (C=O) groups is 1. The number of hydrogen-bond donors (Lipinski definition) is 1. The molecule has 2 rings (SSSR count). The third-order valence-electron chi connectivity index (χ3n) is 3.71. The van der Waals surface area contributed by atoms with Gasteiger partial charge in [-0.2, -0.15) is 4.31 Å². The van der Waals surface area contributed by atoms with Crippen molar-refractivity contribution in [3.8, 4) is 0 Å². The minimum absolute atomic E-state index is 0.185. The standard InChI is InChI=1S/C18H22N2O3S2/c1-20(25(22,23)17-10-8-16(24-2)9-11-17)14-18(21)19-13-12-15-6-4-3-5-7-15/h3-11H,12-14H2,1-2H3,(H,19,21). The number of carbonyl (C=O) groups excluding carboxylic acids is 1. The Morgan fingerprint density at radius 2 is 1.72 bits per heavy atom. The van der Waals surface area contributed by atoms with Crippen molar-refractivity contribution < 1.29 is 13.2 Å². The van der Waals surface area contributed by atoms with E-state index in [9.17, 15) is 13.2 Å². The second-order valence-electron chi connectivity index (χ2n) is 5.52. The molecule has 0 aliphatic rings. The number of hydrogen-bond acceptors (Lipinski definition) is 4. The minimum atomic E-state index is -3.67. The molecule has 2 aromatic rings. The zero-order valence-electron chi connectivity index (χ0n) is 14.3. The third kappa shape index (κ3) is 5.59. The van der Waals surface area contributed by atoms with Crippen molar-refractivity contribution in [1.29, 1.82) is 0 Å². The number of benzene rings is 2. The van der Waals surface area contributed by atoms with Crippen LogP contribution in [0.15, 0.2) is 64.4 Å². The van der Waals surface area contributed by atoms with Crippen LogP contribution in [-0.4, -0.2) is 45.0 Å². The van der Waals surface area contributed by atoms with E-state index in [0.717, 1.165) is 14.8 Å². The Morgan fingerprint density at radius 1 is 1.08 bits per heavy atom. The summed E-state index contributed by atoms with van der Waals surface area (Å²) in [4.78, 5) is 13.2. The molecule has 0 fully saturated rings. The fourth-order valence-electron chi connectivity index (χ4n) is 2.26. The molecule has 5 nitrogen and oxygen atoms in total. The molecule has 0 aromatic heterocycles. The van der Waals surface area contributed by atoms with Crippen molar-refractivity contribution in [2.45, 2.75) is 16.2 Å². The molecule has 0 unspecified atom stereocenters. The molecule has 0 atom stereocenters. The Kier molecular flexibility index (Phi) is 7.04. The molecule has 134 valence electrons. The Morgan fingerprint density at radius 3 is 2.32 bits per heavy atom. The first-order chi connectivity index (χ1) is 11.9. The Labute approximate surface area is 153 Å². The van der Waals surface area contributed by atoms with Crippen LogP contribution in [0.1, 0.15) is 5.56 Å². The smallest absolute Gasteiger partial charge is 0.243 e. The molecule has 0 saturated heterocycles. The molecule has 0 aliphatic carbocycles. The zero-order valence-corrected chi connectivity index (χ0v) is 15.9. The predicted octanol–water partition coefficient (Wildman–Crippen LogP) is 2.39. The van der Waals surface area contributed by atoms with Gasteiger partial charge in [0.15, 0.2) is 0 Å².